The molecule has 0 bridgehead atoms. The molecule has 1 aliphatic heterocycles. The first-order valence-electron chi connectivity index (χ1n) is 9.68. The molecule has 1 aliphatic rings. The van der Waals surface area contributed by atoms with Gasteiger partial charge in [0, 0.05) is 0 Å². The van der Waals surface area contributed by atoms with E-state index in [2.05, 4.69) is 15.5 Å². The zero-order valence-corrected chi connectivity index (χ0v) is 18.1. The molecule has 0 saturated heterocycles. The third kappa shape index (κ3) is 3.37. The average Bonchev–Trinajstić information content (AvgIpc) is 3.16. The second-order valence-electron chi connectivity index (χ2n) is 7.73. The van der Waals surface area contributed by atoms with Gasteiger partial charge in [-0.25, -0.2) is 0 Å². The van der Waals surface area contributed by atoms with Crippen LogP contribution in [0, 0.1) is 6.92 Å². The van der Waals surface area contributed by atoms with Crippen molar-refractivity contribution >= 4 is 35.0 Å². The van der Waals surface area contributed by atoms with E-state index in [1.165, 1.54) is 11.8 Å². The molecule has 154 valence electrons. The van der Waals surface area contributed by atoms with Crippen molar-refractivity contribution in [3.8, 4) is 5.69 Å². The predicted molar refractivity (Wildman–Crippen MR) is 118 cm³/mol. The van der Waals surface area contributed by atoms with Crippen LogP contribution in [0.1, 0.15) is 26.3 Å². The summed E-state index contributed by atoms with van der Waals surface area (Å²) >= 11 is 1.33. The van der Waals surface area contributed by atoms with E-state index in [-0.39, 0.29) is 11.8 Å². The molecule has 2 aromatic carbocycles. The number of aromatic nitrogens is 3. The molecule has 2 heterocycles. The lowest BCUT2D eigenvalue weighted by atomic mass is 9.96. The summed E-state index contributed by atoms with van der Waals surface area (Å²) < 4.78 is 1.88. The number of nitrogens with one attached hydrogen (secondary N) is 1. The molecular weight excluding hydrogens is 398 g/mol. The minimum absolute atomic E-state index is 0.161. The largest absolute Gasteiger partial charge is 0.322 e. The van der Waals surface area contributed by atoms with Gasteiger partial charge >= 0.3 is 0 Å². The highest BCUT2D eigenvalue weighted by molar-refractivity contribution is 8.00. The van der Waals surface area contributed by atoms with Crippen LogP contribution < -0.4 is 10.2 Å². The van der Waals surface area contributed by atoms with Crippen molar-refractivity contribution in [2.45, 2.75) is 43.6 Å². The molecule has 3 aromatic rings. The van der Waals surface area contributed by atoms with Crippen LogP contribution >= 0.6 is 11.8 Å². The first-order chi connectivity index (χ1) is 14.3. The van der Waals surface area contributed by atoms with Gasteiger partial charge in [0.05, 0.1) is 22.3 Å². The topological polar surface area (TPSA) is 80.1 Å². The Kier molecular flexibility index (Phi) is 5.11. The number of carbonyl (C=O) groups excluding carboxylic acids is 2. The Morgan fingerprint density at radius 2 is 1.77 bits per heavy atom. The summed E-state index contributed by atoms with van der Waals surface area (Å²) in [5, 5.41) is 11.3. The molecule has 0 spiro atoms. The van der Waals surface area contributed by atoms with Crippen LogP contribution in [-0.4, -0.2) is 37.4 Å². The molecule has 2 amide bonds. The highest BCUT2D eigenvalue weighted by Gasteiger charge is 2.45. The quantitative estimate of drug-likeness (QED) is 0.648. The van der Waals surface area contributed by atoms with E-state index in [1.807, 2.05) is 60.9 Å². The number of hydrogen-bond acceptors (Lipinski definition) is 5. The predicted octanol–water partition coefficient (Wildman–Crippen LogP) is 3.82. The third-order valence-electron chi connectivity index (χ3n) is 5.25. The van der Waals surface area contributed by atoms with Gasteiger partial charge in [-0.3, -0.25) is 19.1 Å². The lowest BCUT2D eigenvalue weighted by Gasteiger charge is -2.43. The number of aryl methyl sites for hydroxylation is 1. The molecule has 30 heavy (non-hydrogen) atoms. The molecular formula is C22H23N5O2S. The summed E-state index contributed by atoms with van der Waals surface area (Å²) in [5.41, 5.74) is 2.37. The maximum atomic E-state index is 13.5. The fourth-order valence-electron chi connectivity index (χ4n) is 3.54. The fourth-order valence-corrected chi connectivity index (χ4v) is 4.42. The van der Waals surface area contributed by atoms with Crippen LogP contribution in [0.5, 0.6) is 0 Å². The van der Waals surface area contributed by atoms with Gasteiger partial charge in [-0.2, -0.15) is 0 Å². The first-order valence-corrected chi connectivity index (χ1v) is 10.6. The lowest BCUT2D eigenvalue weighted by molar-refractivity contribution is -0.126. The average molecular weight is 422 g/mol. The Bertz CT molecular complexity index is 1120. The van der Waals surface area contributed by atoms with Gasteiger partial charge in [-0.05, 0) is 51.5 Å². The van der Waals surface area contributed by atoms with E-state index >= 15 is 0 Å². The van der Waals surface area contributed by atoms with Crippen molar-refractivity contribution in [3.05, 3.63) is 60.4 Å². The maximum Gasteiger partial charge on any atom is 0.250 e. The Balaban J connectivity index is 1.65. The van der Waals surface area contributed by atoms with Gasteiger partial charge < -0.3 is 5.32 Å². The second kappa shape index (κ2) is 7.60. The van der Waals surface area contributed by atoms with Gasteiger partial charge in [-0.1, -0.05) is 42.1 Å². The normalized spacial score (nSPS) is 16.0. The number of carbonyl (C=O) groups is 2. The van der Waals surface area contributed by atoms with Gasteiger partial charge in [0.25, 0.3) is 0 Å². The van der Waals surface area contributed by atoms with Crippen LogP contribution in [0.2, 0.25) is 0 Å². The van der Waals surface area contributed by atoms with Crippen molar-refractivity contribution in [3.63, 3.8) is 0 Å². The molecule has 8 heteroatoms. The molecule has 0 fully saturated rings. The van der Waals surface area contributed by atoms with Gasteiger partial charge in [0.15, 0.2) is 5.16 Å². The van der Waals surface area contributed by atoms with Gasteiger partial charge in [0.2, 0.25) is 11.8 Å². The van der Waals surface area contributed by atoms with Crippen LogP contribution in [0.25, 0.3) is 5.69 Å². The van der Waals surface area contributed by atoms with Crippen LogP contribution in [0.3, 0.4) is 0 Å². The van der Waals surface area contributed by atoms with Gasteiger partial charge in [0.1, 0.15) is 11.9 Å². The van der Waals surface area contributed by atoms with Crippen molar-refractivity contribution < 1.29 is 9.59 Å². The standard InChI is InChI=1S/C22H23N5O2S/c1-14-9-5-7-11-17(14)26-13-23-25-21(26)30-15(2)19(28)27-18-12-8-6-10-16(18)24-20(29)22(27,3)4/h5-13,15H,1-4H3,(H,24,29)/t15-/m1/s1. The summed E-state index contributed by atoms with van der Waals surface area (Å²) in [5.74, 6) is -0.374. The Hall–Kier alpha value is -3.13. The maximum absolute atomic E-state index is 13.5. The molecule has 1 aromatic heterocycles. The molecule has 0 unspecified atom stereocenters. The SMILES string of the molecule is Cc1ccccc1-n1cnnc1S[C@H](C)C(=O)N1c2ccccc2NC(=O)C1(C)C. The highest BCUT2D eigenvalue weighted by Crippen LogP contribution is 2.38. The molecule has 4 rings (SSSR count). The Morgan fingerprint density at radius 1 is 1.10 bits per heavy atom. The summed E-state index contributed by atoms with van der Waals surface area (Å²) in [6, 6.07) is 15.3. The Labute approximate surface area is 179 Å². The minimum Gasteiger partial charge on any atom is -0.322 e. The molecule has 1 atom stereocenters. The summed E-state index contributed by atoms with van der Waals surface area (Å²) in [6.07, 6.45) is 1.65. The number of thioether (sulfide) groups is 1. The number of hydrogen-bond donors (Lipinski definition) is 1. The van der Waals surface area contributed by atoms with Crippen LogP contribution in [-0.2, 0) is 9.59 Å². The number of fused-ring (bicyclic) bond motifs is 1. The Morgan fingerprint density at radius 3 is 2.50 bits per heavy atom. The van der Waals surface area contributed by atoms with Crippen molar-refractivity contribution in [1.29, 1.82) is 0 Å². The third-order valence-corrected chi connectivity index (χ3v) is 6.29. The van der Waals surface area contributed by atoms with E-state index in [1.54, 1.807) is 31.1 Å². The number of benzene rings is 2. The van der Waals surface area contributed by atoms with Crippen LogP contribution in [0.4, 0.5) is 11.4 Å². The van der Waals surface area contributed by atoms with Crippen molar-refractivity contribution in [2.75, 3.05) is 10.2 Å². The number of para-hydroxylation sites is 3. The molecule has 0 saturated carbocycles. The monoisotopic (exact) mass is 421 g/mol. The highest BCUT2D eigenvalue weighted by atomic mass is 32.2. The zero-order chi connectivity index (χ0) is 21.5. The van der Waals surface area contributed by atoms with E-state index in [9.17, 15) is 9.59 Å². The van der Waals surface area contributed by atoms with Crippen molar-refractivity contribution in [1.82, 2.24) is 14.8 Å². The van der Waals surface area contributed by atoms with Crippen LogP contribution in [0.15, 0.2) is 60.0 Å². The second-order valence-corrected chi connectivity index (χ2v) is 9.04. The van der Waals surface area contributed by atoms with E-state index < -0.39 is 10.8 Å². The van der Waals surface area contributed by atoms with Crippen molar-refractivity contribution in [2.24, 2.45) is 0 Å². The number of anilines is 2. The number of amides is 2. The van der Waals surface area contributed by atoms with Gasteiger partial charge in [-0.15, -0.1) is 10.2 Å². The minimum atomic E-state index is -1.01. The summed E-state index contributed by atoms with van der Waals surface area (Å²) in [4.78, 5) is 27.8. The summed E-state index contributed by atoms with van der Waals surface area (Å²) in [6.45, 7) is 7.35. The number of rotatable bonds is 4. The zero-order valence-electron chi connectivity index (χ0n) is 17.3. The first kappa shape index (κ1) is 20.2. The fraction of sp³-hybridized carbons (Fsp3) is 0.273. The van der Waals surface area contributed by atoms with E-state index in [0.29, 0.717) is 16.5 Å². The smallest absolute Gasteiger partial charge is 0.250 e. The van der Waals surface area contributed by atoms with E-state index in [4.69, 9.17) is 0 Å². The molecule has 7 nitrogen and oxygen atoms in total. The molecule has 1 N–H and O–H groups in total. The number of nitrogens with zero attached hydrogens (tertiary/aromatic N) is 4. The summed E-state index contributed by atoms with van der Waals surface area (Å²) in [7, 11) is 0. The molecule has 0 radical (unpaired) electrons. The lowest BCUT2D eigenvalue weighted by Crippen LogP contribution is -2.60. The molecule has 0 aliphatic carbocycles. The van der Waals surface area contributed by atoms with E-state index in [0.717, 1.165) is 11.3 Å².